The van der Waals surface area contributed by atoms with E-state index >= 15 is 0 Å². The Morgan fingerprint density at radius 2 is 1.62 bits per heavy atom. The number of nitrogens with zero attached hydrogens (tertiary/aromatic N) is 1. The quantitative estimate of drug-likeness (QED) is 0.790. The van der Waals surface area contributed by atoms with Crippen LogP contribution >= 0.6 is 0 Å². The van der Waals surface area contributed by atoms with Crippen LogP contribution in [-0.2, 0) is 26.8 Å². The van der Waals surface area contributed by atoms with Crippen molar-refractivity contribution in [3.8, 4) is 17.2 Å². The van der Waals surface area contributed by atoms with Gasteiger partial charge >= 0.3 is 6.09 Å². The number of carbonyl (C=O) groups is 2. The number of methoxy groups -OCH3 is 1. The highest BCUT2D eigenvalue weighted by Gasteiger charge is 2.28. The molecule has 0 aliphatic heterocycles. The SMILES string of the molecule is COC(=O)NC(=O)Cc1nc(-c2cc(C(C)(C)C)c(O)c(C(C)(C)C)c2)oc1C. The largest absolute Gasteiger partial charge is 0.507 e. The van der Waals surface area contributed by atoms with Crippen molar-refractivity contribution in [1.29, 1.82) is 0 Å². The Hall–Kier alpha value is -2.83. The highest BCUT2D eigenvalue weighted by molar-refractivity contribution is 5.92. The summed E-state index contributed by atoms with van der Waals surface area (Å²) in [7, 11) is 1.19. The first kappa shape index (κ1) is 22.5. The molecule has 0 radical (unpaired) electrons. The van der Waals surface area contributed by atoms with Crippen LogP contribution in [0, 0.1) is 6.92 Å². The topological polar surface area (TPSA) is 102 Å². The van der Waals surface area contributed by atoms with E-state index in [0.717, 1.165) is 16.7 Å². The fraction of sp³-hybridized carbons (Fsp3) is 0.500. The smallest absolute Gasteiger partial charge is 0.413 e. The second kappa shape index (κ2) is 7.89. The number of alkyl carbamates (subject to hydrolysis) is 1. The van der Waals surface area contributed by atoms with Gasteiger partial charge in [0.1, 0.15) is 11.5 Å². The summed E-state index contributed by atoms with van der Waals surface area (Å²) in [6.07, 6.45) is -0.930. The number of phenolic OH excluding ortho intramolecular Hbond substituents is 1. The average molecular weight is 402 g/mol. The molecule has 1 heterocycles. The van der Waals surface area contributed by atoms with Crippen LogP contribution in [0.4, 0.5) is 4.79 Å². The Bertz CT molecular complexity index is 895. The maximum absolute atomic E-state index is 12.0. The third-order valence-electron chi connectivity index (χ3n) is 4.62. The summed E-state index contributed by atoms with van der Waals surface area (Å²) >= 11 is 0. The first-order chi connectivity index (χ1) is 13.2. The normalized spacial score (nSPS) is 12.0. The number of oxazole rings is 1. The molecule has 0 fully saturated rings. The van der Waals surface area contributed by atoms with Crippen molar-refractivity contribution in [3.05, 3.63) is 34.7 Å². The third-order valence-corrected chi connectivity index (χ3v) is 4.62. The van der Waals surface area contributed by atoms with Crippen LogP contribution in [0.1, 0.15) is 64.1 Å². The van der Waals surface area contributed by atoms with Crippen molar-refractivity contribution in [2.45, 2.75) is 65.7 Å². The molecule has 0 spiro atoms. The van der Waals surface area contributed by atoms with E-state index in [1.165, 1.54) is 7.11 Å². The number of benzene rings is 1. The Labute approximate surface area is 171 Å². The molecule has 1 aromatic heterocycles. The number of rotatable bonds is 3. The number of aromatic hydroxyl groups is 1. The van der Waals surface area contributed by atoms with Gasteiger partial charge in [-0.05, 0) is 29.9 Å². The summed E-state index contributed by atoms with van der Waals surface area (Å²) in [5.74, 6) is 0.591. The Kier molecular flexibility index (Phi) is 6.11. The predicted molar refractivity (Wildman–Crippen MR) is 110 cm³/mol. The molecule has 7 nitrogen and oxygen atoms in total. The molecule has 0 bridgehead atoms. The van der Waals surface area contributed by atoms with E-state index in [1.807, 2.05) is 53.7 Å². The molecule has 2 N–H and O–H groups in total. The molecule has 0 unspecified atom stereocenters. The van der Waals surface area contributed by atoms with Crippen molar-refractivity contribution >= 4 is 12.0 Å². The van der Waals surface area contributed by atoms with Gasteiger partial charge in [0.05, 0.1) is 19.2 Å². The van der Waals surface area contributed by atoms with E-state index in [9.17, 15) is 14.7 Å². The van der Waals surface area contributed by atoms with Gasteiger partial charge in [-0.1, -0.05) is 41.5 Å². The number of ether oxygens (including phenoxy) is 1. The number of imide groups is 1. The molecule has 0 aliphatic rings. The zero-order valence-corrected chi connectivity index (χ0v) is 18.4. The Balaban J connectivity index is 2.50. The van der Waals surface area contributed by atoms with Gasteiger partial charge in [0, 0.05) is 16.7 Å². The summed E-state index contributed by atoms with van der Waals surface area (Å²) < 4.78 is 10.2. The van der Waals surface area contributed by atoms with Gasteiger partial charge in [0.2, 0.25) is 11.8 Å². The molecule has 0 saturated heterocycles. The van der Waals surface area contributed by atoms with Crippen molar-refractivity contribution in [3.63, 3.8) is 0 Å². The molecule has 2 rings (SSSR count). The van der Waals surface area contributed by atoms with E-state index in [-0.39, 0.29) is 23.0 Å². The molecule has 7 heteroatoms. The van der Waals surface area contributed by atoms with E-state index in [1.54, 1.807) is 6.92 Å². The Morgan fingerprint density at radius 1 is 1.10 bits per heavy atom. The standard InChI is InChI=1S/C22H30N2O5/c1-12-16(11-17(25)24-20(27)28-8)23-19(29-12)13-9-14(21(2,3)4)18(26)15(10-13)22(5,6)7/h9-10,26H,11H2,1-8H3,(H,24,25,27). The minimum absolute atomic E-state index is 0.110. The number of aromatic nitrogens is 1. The van der Waals surface area contributed by atoms with E-state index in [2.05, 4.69) is 15.0 Å². The third kappa shape index (κ3) is 5.16. The average Bonchev–Trinajstić information content (AvgIpc) is 2.93. The van der Waals surface area contributed by atoms with Gasteiger partial charge in [0.15, 0.2) is 0 Å². The van der Waals surface area contributed by atoms with Gasteiger partial charge in [-0.15, -0.1) is 0 Å². The summed E-state index contributed by atoms with van der Waals surface area (Å²) in [5.41, 5.74) is 2.17. The number of carbonyl (C=O) groups excluding carboxylic acids is 2. The van der Waals surface area contributed by atoms with E-state index in [4.69, 9.17) is 4.42 Å². The Morgan fingerprint density at radius 3 is 2.07 bits per heavy atom. The molecule has 2 aromatic rings. The molecule has 0 saturated carbocycles. The number of amides is 2. The minimum atomic E-state index is -0.820. The van der Waals surface area contributed by atoms with Gasteiger partial charge in [-0.25, -0.2) is 9.78 Å². The lowest BCUT2D eigenvalue weighted by Crippen LogP contribution is -2.31. The number of hydrogen-bond donors (Lipinski definition) is 2. The summed E-state index contributed by atoms with van der Waals surface area (Å²) in [5, 5.41) is 13.0. The van der Waals surface area contributed by atoms with Crippen LogP contribution in [0.25, 0.3) is 11.5 Å². The first-order valence-electron chi connectivity index (χ1n) is 9.46. The summed E-state index contributed by atoms with van der Waals surface area (Å²) in [4.78, 5) is 27.6. The highest BCUT2D eigenvalue weighted by Crippen LogP contribution is 2.42. The number of nitrogens with one attached hydrogen (secondary N) is 1. The molecule has 1 aromatic carbocycles. The lowest BCUT2D eigenvalue weighted by Gasteiger charge is -2.27. The van der Waals surface area contributed by atoms with Gasteiger partial charge in [-0.3, -0.25) is 10.1 Å². The van der Waals surface area contributed by atoms with Gasteiger partial charge in [-0.2, -0.15) is 0 Å². The van der Waals surface area contributed by atoms with Crippen LogP contribution < -0.4 is 5.32 Å². The van der Waals surface area contributed by atoms with Crippen LogP contribution in [-0.4, -0.2) is 29.2 Å². The molecule has 0 aliphatic carbocycles. The van der Waals surface area contributed by atoms with Crippen molar-refractivity contribution < 1.29 is 23.8 Å². The maximum Gasteiger partial charge on any atom is 0.413 e. The highest BCUT2D eigenvalue weighted by atomic mass is 16.5. The van der Waals surface area contributed by atoms with Gasteiger partial charge in [0.25, 0.3) is 0 Å². The predicted octanol–water partition coefficient (Wildman–Crippen LogP) is 4.38. The zero-order chi connectivity index (χ0) is 22.1. The lowest BCUT2D eigenvalue weighted by molar-refractivity contribution is -0.119. The lowest BCUT2D eigenvalue weighted by atomic mass is 9.78. The number of aryl methyl sites for hydroxylation is 1. The molecule has 29 heavy (non-hydrogen) atoms. The van der Waals surface area contributed by atoms with Crippen LogP contribution in [0.2, 0.25) is 0 Å². The number of phenols is 1. The second-order valence-corrected chi connectivity index (χ2v) is 9.16. The number of hydrogen-bond acceptors (Lipinski definition) is 6. The van der Waals surface area contributed by atoms with Gasteiger partial charge < -0.3 is 14.3 Å². The fourth-order valence-electron chi connectivity index (χ4n) is 2.98. The van der Waals surface area contributed by atoms with Crippen molar-refractivity contribution in [2.24, 2.45) is 0 Å². The summed E-state index contributed by atoms with van der Waals surface area (Å²) in [6.45, 7) is 13.9. The molecule has 2 amide bonds. The fourth-order valence-corrected chi connectivity index (χ4v) is 2.98. The van der Waals surface area contributed by atoms with Crippen LogP contribution in [0.15, 0.2) is 16.5 Å². The first-order valence-corrected chi connectivity index (χ1v) is 9.46. The van der Waals surface area contributed by atoms with E-state index in [0.29, 0.717) is 17.3 Å². The van der Waals surface area contributed by atoms with Crippen molar-refractivity contribution in [1.82, 2.24) is 10.3 Å². The maximum atomic E-state index is 12.0. The monoisotopic (exact) mass is 402 g/mol. The zero-order valence-electron chi connectivity index (χ0n) is 18.4. The summed E-state index contributed by atoms with van der Waals surface area (Å²) in [6, 6.07) is 3.74. The minimum Gasteiger partial charge on any atom is -0.507 e. The van der Waals surface area contributed by atoms with Crippen LogP contribution in [0.5, 0.6) is 5.75 Å². The van der Waals surface area contributed by atoms with E-state index < -0.39 is 12.0 Å². The molecule has 0 atom stereocenters. The second-order valence-electron chi connectivity index (χ2n) is 9.16. The van der Waals surface area contributed by atoms with Crippen molar-refractivity contribution in [2.75, 3.05) is 7.11 Å². The van der Waals surface area contributed by atoms with Crippen LogP contribution in [0.3, 0.4) is 0 Å². The molecule has 158 valence electrons. The molecular formula is C22H30N2O5. The molecular weight excluding hydrogens is 372 g/mol.